The number of hydrogen-bond donors (Lipinski definition) is 1. The Morgan fingerprint density at radius 3 is 2.94 bits per heavy atom. The monoisotopic (exact) mass is 254 g/mol. The summed E-state index contributed by atoms with van der Waals surface area (Å²) in [6.45, 7) is 5.03. The summed E-state index contributed by atoms with van der Waals surface area (Å²) in [6, 6.07) is 0.916. The number of amides is 1. The van der Waals surface area contributed by atoms with Gasteiger partial charge in [-0.25, -0.2) is 0 Å². The molecule has 2 saturated heterocycles. The van der Waals surface area contributed by atoms with Gasteiger partial charge < -0.3 is 15.0 Å². The third-order valence-electron chi connectivity index (χ3n) is 4.01. The van der Waals surface area contributed by atoms with E-state index in [-0.39, 0.29) is 12.5 Å². The van der Waals surface area contributed by atoms with Crippen LogP contribution in [0.2, 0.25) is 0 Å². The molecule has 0 aromatic heterocycles. The minimum absolute atomic E-state index is 0.182. The van der Waals surface area contributed by atoms with Crippen LogP contribution in [0.3, 0.4) is 0 Å². The molecular weight excluding hydrogens is 228 g/mol. The minimum atomic E-state index is 0.182. The zero-order valence-electron chi connectivity index (χ0n) is 11.5. The molecule has 2 rings (SSSR count). The van der Waals surface area contributed by atoms with Crippen molar-refractivity contribution in [1.29, 1.82) is 0 Å². The van der Waals surface area contributed by atoms with E-state index in [1.54, 1.807) is 0 Å². The van der Waals surface area contributed by atoms with Crippen LogP contribution in [0.25, 0.3) is 0 Å². The van der Waals surface area contributed by atoms with Gasteiger partial charge in [0.15, 0.2) is 0 Å². The van der Waals surface area contributed by atoms with Crippen LogP contribution >= 0.6 is 0 Å². The van der Waals surface area contributed by atoms with Crippen LogP contribution in [-0.2, 0) is 9.53 Å². The molecule has 18 heavy (non-hydrogen) atoms. The second-order valence-corrected chi connectivity index (χ2v) is 5.41. The van der Waals surface area contributed by atoms with E-state index in [0.29, 0.717) is 18.7 Å². The van der Waals surface area contributed by atoms with Crippen LogP contribution in [0, 0.1) is 0 Å². The van der Waals surface area contributed by atoms with E-state index in [9.17, 15) is 4.79 Å². The third-order valence-corrected chi connectivity index (χ3v) is 4.01. The molecule has 0 bridgehead atoms. The van der Waals surface area contributed by atoms with Crippen LogP contribution < -0.4 is 5.32 Å². The highest BCUT2D eigenvalue weighted by molar-refractivity contribution is 5.78. The number of rotatable bonds is 5. The molecule has 4 heteroatoms. The Morgan fingerprint density at radius 2 is 2.22 bits per heavy atom. The summed E-state index contributed by atoms with van der Waals surface area (Å²) in [6.07, 6.45) is 6.98. The molecule has 0 aromatic carbocycles. The second kappa shape index (κ2) is 7.10. The molecule has 2 fully saturated rings. The first-order valence-electron chi connectivity index (χ1n) is 7.43. The fraction of sp³-hybridized carbons (Fsp3) is 0.929. The Morgan fingerprint density at radius 1 is 1.33 bits per heavy atom. The summed E-state index contributed by atoms with van der Waals surface area (Å²) in [4.78, 5) is 14.3. The highest BCUT2D eigenvalue weighted by atomic mass is 16.5. The van der Waals surface area contributed by atoms with E-state index < -0.39 is 0 Å². The fourth-order valence-corrected chi connectivity index (χ4v) is 3.11. The van der Waals surface area contributed by atoms with Gasteiger partial charge in [-0.2, -0.15) is 0 Å². The fourth-order valence-electron chi connectivity index (χ4n) is 3.11. The first-order valence-corrected chi connectivity index (χ1v) is 7.43. The largest absolute Gasteiger partial charge is 0.372 e. The predicted octanol–water partition coefficient (Wildman–Crippen LogP) is 1.55. The molecule has 2 atom stereocenters. The van der Waals surface area contributed by atoms with Gasteiger partial charge in [0.2, 0.25) is 5.91 Å². The number of nitrogens with zero attached hydrogens (tertiary/aromatic N) is 1. The van der Waals surface area contributed by atoms with Crippen molar-refractivity contribution in [1.82, 2.24) is 10.2 Å². The van der Waals surface area contributed by atoms with Crippen molar-refractivity contribution in [2.45, 2.75) is 57.5 Å². The van der Waals surface area contributed by atoms with E-state index in [1.807, 2.05) is 0 Å². The Hall–Kier alpha value is -0.610. The summed E-state index contributed by atoms with van der Waals surface area (Å²) in [5.74, 6) is 0.182. The molecule has 1 amide bonds. The molecule has 4 nitrogen and oxygen atoms in total. The standard InChI is InChI=1S/C14H26N2O2/c1-2-10-18-11-14(17)16-9-4-3-7-13(16)12-6-5-8-15-12/h12-13,15H,2-11H2,1H3. The van der Waals surface area contributed by atoms with Gasteiger partial charge in [0, 0.05) is 25.2 Å². The van der Waals surface area contributed by atoms with Gasteiger partial charge in [-0.15, -0.1) is 0 Å². The van der Waals surface area contributed by atoms with Crippen molar-refractivity contribution in [3.8, 4) is 0 Å². The number of nitrogens with one attached hydrogen (secondary N) is 1. The van der Waals surface area contributed by atoms with Crippen LogP contribution in [-0.4, -0.2) is 49.2 Å². The molecule has 0 aliphatic carbocycles. The lowest BCUT2D eigenvalue weighted by atomic mass is 9.94. The summed E-state index contributed by atoms with van der Waals surface area (Å²) in [5, 5.41) is 3.54. The SMILES string of the molecule is CCCOCC(=O)N1CCCCC1C1CCCN1. The first-order chi connectivity index (χ1) is 8.83. The highest BCUT2D eigenvalue weighted by Gasteiger charge is 2.33. The molecular formula is C14H26N2O2. The quantitative estimate of drug-likeness (QED) is 0.757. The van der Waals surface area contributed by atoms with Crippen LogP contribution in [0.15, 0.2) is 0 Å². The summed E-state index contributed by atoms with van der Waals surface area (Å²) in [5.41, 5.74) is 0. The lowest BCUT2D eigenvalue weighted by Crippen LogP contribution is -2.53. The first kappa shape index (κ1) is 13.8. The van der Waals surface area contributed by atoms with E-state index >= 15 is 0 Å². The maximum absolute atomic E-state index is 12.2. The van der Waals surface area contributed by atoms with E-state index in [1.165, 1.54) is 19.3 Å². The van der Waals surface area contributed by atoms with E-state index in [0.717, 1.165) is 32.4 Å². The molecule has 0 spiro atoms. The number of carbonyl (C=O) groups excluding carboxylic acids is 1. The Labute approximate surface area is 110 Å². The highest BCUT2D eigenvalue weighted by Crippen LogP contribution is 2.24. The maximum Gasteiger partial charge on any atom is 0.248 e. The zero-order valence-corrected chi connectivity index (χ0v) is 11.5. The van der Waals surface area contributed by atoms with Gasteiger partial charge in [-0.05, 0) is 45.1 Å². The van der Waals surface area contributed by atoms with Crippen molar-refractivity contribution in [2.24, 2.45) is 0 Å². The maximum atomic E-state index is 12.2. The Kier molecular flexibility index (Phi) is 5.45. The molecule has 1 N–H and O–H groups in total. The molecule has 2 aliphatic heterocycles. The number of piperidine rings is 1. The normalized spacial score (nSPS) is 28.6. The van der Waals surface area contributed by atoms with Gasteiger partial charge in [-0.3, -0.25) is 4.79 Å². The number of hydrogen-bond acceptors (Lipinski definition) is 3. The molecule has 0 aromatic rings. The van der Waals surface area contributed by atoms with Crippen LogP contribution in [0.1, 0.15) is 45.4 Å². The predicted molar refractivity (Wildman–Crippen MR) is 71.5 cm³/mol. The summed E-state index contributed by atoms with van der Waals surface area (Å²) in [7, 11) is 0. The zero-order chi connectivity index (χ0) is 12.8. The van der Waals surface area contributed by atoms with Gasteiger partial charge in [0.25, 0.3) is 0 Å². The molecule has 0 saturated carbocycles. The van der Waals surface area contributed by atoms with E-state index in [2.05, 4.69) is 17.1 Å². The number of carbonyl (C=O) groups is 1. The molecule has 104 valence electrons. The average molecular weight is 254 g/mol. The summed E-state index contributed by atoms with van der Waals surface area (Å²) >= 11 is 0. The van der Waals surface area contributed by atoms with Crippen molar-refractivity contribution < 1.29 is 9.53 Å². The van der Waals surface area contributed by atoms with E-state index in [4.69, 9.17) is 4.74 Å². The lowest BCUT2D eigenvalue weighted by molar-refractivity contribution is -0.140. The Balaban J connectivity index is 1.87. The van der Waals surface area contributed by atoms with Gasteiger partial charge >= 0.3 is 0 Å². The van der Waals surface area contributed by atoms with Gasteiger partial charge in [0.05, 0.1) is 0 Å². The van der Waals surface area contributed by atoms with Crippen LogP contribution in [0.4, 0.5) is 0 Å². The smallest absolute Gasteiger partial charge is 0.248 e. The minimum Gasteiger partial charge on any atom is -0.372 e. The third kappa shape index (κ3) is 3.45. The second-order valence-electron chi connectivity index (χ2n) is 5.41. The molecule has 2 unspecified atom stereocenters. The van der Waals surface area contributed by atoms with Crippen molar-refractivity contribution in [3.05, 3.63) is 0 Å². The van der Waals surface area contributed by atoms with Gasteiger partial charge in [0.1, 0.15) is 6.61 Å². The molecule has 2 aliphatic rings. The number of ether oxygens (including phenoxy) is 1. The Bertz CT molecular complexity index is 265. The molecule has 0 radical (unpaired) electrons. The lowest BCUT2D eigenvalue weighted by Gasteiger charge is -2.39. The van der Waals surface area contributed by atoms with Crippen molar-refractivity contribution in [2.75, 3.05) is 26.3 Å². The average Bonchev–Trinajstić information content (AvgIpc) is 2.93. The number of likely N-dealkylation sites (tertiary alicyclic amines) is 1. The summed E-state index contributed by atoms with van der Waals surface area (Å²) < 4.78 is 5.40. The van der Waals surface area contributed by atoms with Crippen LogP contribution in [0.5, 0.6) is 0 Å². The molecule has 2 heterocycles. The topological polar surface area (TPSA) is 41.6 Å². The van der Waals surface area contributed by atoms with Crippen molar-refractivity contribution >= 4 is 5.91 Å². The van der Waals surface area contributed by atoms with Gasteiger partial charge in [-0.1, -0.05) is 6.92 Å². The van der Waals surface area contributed by atoms with Crippen molar-refractivity contribution in [3.63, 3.8) is 0 Å².